The summed E-state index contributed by atoms with van der Waals surface area (Å²) in [5.41, 5.74) is 5.25. The molecule has 0 amide bonds. The van der Waals surface area contributed by atoms with Crippen LogP contribution in [0.5, 0.6) is 0 Å². The molecule has 0 bridgehead atoms. The number of aliphatic hydroxyl groups excluding tert-OH is 1. The standard InChI is InChI=1S/C12H16N3O7P/c1-2-3-7-5-15(12(17)14-11(7)13)10-4-8(16)9(22-10)6-21-23(18,19)20/h5,8-10,16H,4,6H2,1H3,(H2,13,14,17)(H2,18,19,20)/t8-,9+,10+/m0/s1. The van der Waals surface area contributed by atoms with Crippen molar-refractivity contribution in [2.75, 3.05) is 12.3 Å². The van der Waals surface area contributed by atoms with Gasteiger partial charge in [-0.3, -0.25) is 9.09 Å². The lowest BCUT2D eigenvalue weighted by Gasteiger charge is -2.16. The number of rotatable bonds is 4. The van der Waals surface area contributed by atoms with E-state index < -0.39 is 38.6 Å². The van der Waals surface area contributed by atoms with Crippen molar-refractivity contribution in [2.24, 2.45) is 0 Å². The van der Waals surface area contributed by atoms with E-state index in [0.717, 1.165) is 4.57 Å². The molecule has 1 fully saturated rings. The number of phosphoric acid groups is 1. The average molecular weight is 345 g/mol. The van der Waals surface area contributed by atoms with E-state index in [0.29, 0.717) is 5.56 Å². The fraction of sp³-hybridized carbons (Fsp3) is 0.500. The summed E-state index contributed by atoms with van der Waals surface area (Å²) < 4.78 is 21.6. The van der Waals surface area contributed by atoms with Crippen molar-refractivity contribution in [3.63, 3.8) is 0 Å². The Labute approximate surface area is 131 Å². The Balaban J connectivity index is 2.20. The average Bonchev–Trinajstić information content (AvgIpc) is 2.80. The zero-order valence-corrected chi connectivity index (χ0v) is 13.0. The maximum atomic E-state index is 11.9. The van der Waals surface area contributed by atoms with Crippen molar-refractivity contribution in [1.82, 2.24) is 9.55 Å². The van der Waals surface area contributed by atoms with Gasteiger partial charge in [0, 0.05) is 12.6 Å². The number of aromatic nitrogens is 2. The van der Waals surface area contributed by atoms with Crippen LogP contribution in [0.2, 0.25) is 0 Å². The first-order chi connectivity index (χ1) is 10.7. The van der Waals surface area contributed by atoms with Crippen LogP contribution in [0.25, 0.3) is 0 Å². The van der Waals surface area contributed by atoms with Crippen LogP contribution in [0.1, 0.15) is 25.1 Å². The molecular weight excluding hydrogens is 329 g/mol. The molecule has 1 aromatic rings. The molecule has 1 aromatic heterocycles. The highest BCUT2D eigenvalue weighted by molar-refractivity contribution is 7.46. The molecule has 2 rings (SSSR count). The van der Waals surface area contributed by atoms with Crippen LogP contribution in [-0.2, 0) is 13.8 Å². The number of hydrogen-bond acceptors (Lipinski definition) is 7. The van der Waals surface area contributed by atoms with Gasteiger partial charge >= 0.3 is 13.5 Å². The summed E-state index contributed by atoms with van der Waals surface area (Å²) >= 11 is 0. The van der Waals surface area contributed by atoms with E-state index in [-0.39, 0.29) is 12.2 Å². The van der Waals surface area contributed by atoms with Gasteiger partial charge in [-0.1, -0.05) is 5.92 Å². The summed E-state index contributed by atoms with van der Waals surface area (Å²) in [6, 6.07) is 0. The Morgan fingerprint density at radius 2 is 2.30 bits per heavy atom. The second-order valence-corrected chi connectivity index (χ2v) is 6.06. The van der Waals surface area contributed by atoms with Crippen LogP contribution in [0.4, 0.5) is 5.82 Å². The Hall–Kier alpha value is -1.73. The Morgan fingerprint density at radius 3 is 2.91 bits per heavy atom. The summed E-state index contributed by atoms with van der Waals surface area (Å²) in [4.78, 5) is 32.9. The SMILES string of the molecule is CC#Cc1cn([C@H]2C[C@H](O)[C@@H](COP(=O)(O)O)O2)c(=O)nc1N. The van der Waals surface area contributed by atoms with Gasteiger partial charge in [0.25, 0.3) is 0 Å². The number of nitrogen functional groups attached to an aromatic ring is 1. The molecule has 0 unspecified atom stereocenters. The van der Waals surface area contributed by atoms with E-state index in [1.54, 1.807) is 6.92 Å². The largest absolute Gasteiger partial charge is 0.469 e. The van der Waals surface area contributed by atoms with E-state index >= 15 is 0 Å². The highest BCUT2D eigenvalue weighted by Gasteiger charge is 2.37. The van der Waals surface area contributed by atoms with Crippen molar-refractivity contribution in [1.29, 1.82) is 0 Å². The lowest BCUT2D eigenvalue weighted by Crippen LogP contribution is -2.29. The fourth-order valence-corrected chi connectivity index (χ4v) is 2.47. The fourth-order valence-electron chi connectivity index (χ4n) is 2.13. The van der Waals surface area contributed by atoms with Gasteiger partial charge in [-0.05, 0) is 6.92 Å². The predicted octanol–water partition coefficient (Wildman–Crippen LogP) is -1.05. The lowest BCUT2D eigenvalue weighted by atomic mass is 10.2. The number of phosphoric ester groups is 1. The maximum absolute atomic E-state index is 11.9. The topological polar surface area (TPSA) is 157 Å². The van der Waals surface area contributed by atoms with Gasteiger partial charge in [-0.2, -0.15) is 4.98 Å². The first kappa shape index (κ1) is 17.6. The molecular formula is C12H16N3O7P. The van der Waals surface area contributed by atoms with E-state index in [9.17, 15) is 14.5 Å². The van der Waals surface area contributed by atoms with Crippen LogP contribution in [0.3, 0.4) is 0 Å². The van der Waals surface area contributed by atoms with Crippen molar-refractivity contribution >= 4 is 13.6 Å². The third-order valence-corrected chi connectivity index (χ3v) is 3.65. The molecule has 11 heteroatoms. The van der Waals surface area contributed by atoms with Gasteiger partial charge in [0.15, 0.2) is 0 Å². The number of aliphatic hydroxyl groups is 1. The smallest absolute Gasteiger partial charge is 0.390 e. The number of nitrogens with zero attached hydrogens (tertiary/aromatic N) is 2. The predicted molar refractivity (Wildman–Crippen MR) is 78.0 cm³/mol. The molecule has 2 heterocycles. The zero-order chi connectivity index (χ0) is 17.2. The van der Waals surface area contributed by atoms with E-state index in [1.807, 2.05) is 0 Å². The first-order valence-corrected chi connectivity index (χ1v) is 8.09. The van der Waals surface area contributed by atoms with Gasteiger partial charge in [-0.25, -0.2) is 9.36 Å². The van der Waals surface area contributed by atoms with Crippen LogP contribution < -0.4 is 11.4 Å². The first-order valence-electron chi connectivity index (χ1n) is 6.56. The molecule has 5 N–H and O–H groups in total. The number of nitrogens with two attached hydrogens (primary N) is 1. The molecule has 1 saturated heterocycles. The molecule has 0 radical (unpaired) electrons. The normalized spacial score (nSPS) is 24.3. The molecule has 0 aliphatic carbocycles. The van der Waals surface area contributed by atoms with Gasteiger partial charge in [0.2, 0.25) is 0 Å². The van der Waals surface area contributed by atoms with Crippen molar-refractivity contribution < 1.29 is 28.7 Å². The Morgan fingerprint density at radius 1 is 1.61 bits per heavy atom. The third kappa shape index (κ3) is 4.39. The van der Waals surface area contributed by atoms with Crippen molar-refractivity contribution in [3.8, 4) is 11.8 Å². The zero-order valence-electron chi connectivity index (χ0n) is 12.1. The minimum absolute atomic E-state index is 0.0134. The summed E-state index contributed by atoms with van der Waals surface area (Å²) in [6.07, 6.45) is -1.52. The maximum Gasteiger partial charge on any atom is 0.469 e. The molecule has 1 aliphatic heterocycles. The third-order valence-electron chi connectivity index (χ3n) is 3.16. The number of ether oxygens (including phenoxy) is 1. The summed E-state index contributed by atoms with van der Waals surface area (Å²) in [7, 11) is -4.68. The van der Waals surface area contributed by atoms with Crippen molar-refractivity contribution in [3.05, 3.63) is 22.2 Å². The van der Waals surface area contributed by atoms with Crippen LogP contribution >= 0.6 is 7.82 Å². The summed E-state index contributed by atoms with van der Waals surface area (Å²) in [6.45, 7) is 1.08. The summed E-state index contributed by atoms with van der Waals surface area (Å²) in [5.74, 6) is 5.31. The Kier molecular flexibility index (Phi) is 5.21. The number of hydrogen-bond donors (Lipinski definition) is 4. The molecule has 23 heavy (non-hydrogen) atoms. The van der Waals surface area contributed by atoms with Gasteiger partial charge < -0.3 is 25.4 Å². The van der Waals surface area contributed by atoms with Crippen LogP contribution in [-0.4, -0.2) is 43.3 Å². The summed E-state index contributed by atoms with van der Waals surface area (Å²) in [5, 5.41) is 9.89. The molecule has 0 saturated carbocycles. The van der Waals surface area contributed by atoms with Crippen molar-refractivity contribution in [2.45, 2.75) is 31.8 Å². The molecule has 3 atom stereocenters. The van der Waals surface area contributed by atoms with Gasteiger partial charge in [0.05, 0.1) is 18.3 Å². The van der Waals surface area contributed by atoms with E-state index in [4.69, 9.17) is 20.3 Å². The Bertz CT molecular complexity index is 747. The van der Waals surface area contributed by atoms with Crippen LogP contribution in [0, 0.1) is 11.8 Å². The van der Waals surface area contributed by atoms with Gasteiger partial charge in [0.1, 0.15) is 18.1 Å². The lowest BCUT2D eigenvalue weighted by molar-refractivity contribution is -0.0450. The molecule has 1 aliphatic rings. The molecule has 126 valence electrons. The quantitative estimate of drug-likeness (QED) is 0.395. The second-order valence-electron chi connectivity index (χ2n) is 4.82. The molecule has 10 nitrogen and oxygen atoms in total. The molecule has 0 spiro atoms. The second kappa shape index (κ2) is 6.80. The van der Waals surface area contributed by atoms with Gasteiger partial charge in [-0.15, -0.1) is 5.92 Å². The number of anilines is 1. The highest BCUT2D eigenvalue weighted by Crippen LogP contribution is 2.38. The van der Waals surface area contributed by atoms with E-state index in [2.05, 4.69) is 21.3 Å². The van der Waals surface area contributed by atoms with E-state index in [1.165, 1.54) is 6.20 Å². The monoisotopic (exact) mass is 345 g/mol. The highest BCUT2D eigenvalue weighted by atomic mass is 31.2. The van der Waals surface area contributed by atoms with Crippen LogP contribution in [0.15, 0.2) is 11.0 Å². The minimum atomic E-state index is -4.68. The molecule has 0 aromatic carbocycles. The minimum Gasteiger partial charge on any atom is -0.390 e.